The van der Waals surface area contributed by atoms with Crippen LogP contribution in [-0.4, -0.2) is 33.2 Å². The molecule has 1 heterocycles. The van der Waals surface area contributed by atoms with E-state index in [1.807, 2.05) is 12.3 Å². The summed E-state index contributed by atoms with van der Waals surface area (Å²) in [6, 6.07) is 2.04. The van der Waals surface area contributed by atoms with Gasteiger partial charge >= 0.3 is 0 Å². The minimum Gasteiger partial charge on any atom is -0.481 e. The average molecular weight is 473 g/mol. The van der Waals surface area contributed by atoms with Gasteiger partial charge in [0, 0.05) is 30.7 Å². The van der Waals surface area contributed by atoms with E-state index in [1.165, 1.54) is 5.69 Å². The van der Waals surface area contributed by atoms with Crippen LogP contribution < -0.4 is 5.73 Å². The van der Waals surface area contributed by atoms with E-state index in [4.69, 9.17) is 15.3 Å². The number of nitrogens with zero attached hydrogens (tertiary/aromatic N) is 2. The predicted octanol–water partition coefficient (Wildman–Crippen LogP) is 5.64. The van der Waals surface area contributed by atoms with Crippen molar-refractivity contribution in [1.29, 1.82) is 5.41 Å². The van der Waals surface area contributed by atoms with Crippen molar-refractivity contribution >= 4 is 18.1 Å². The highest BCUT2D eigenvalue weighted by molar-refractivity contribution is 5.79. The number of allylic oxidation sites excluding steroid dienone is 4. The van der Waals surface area contributed by atoms with Gasteiger partial charge in [-0.2, -0.15) is 0 Å². The van der Waals surface area contributed by atoms with Gasteiger partial charge in [0.05, 0.1) is 6.34 Å². The maximum atomic E-state index is 11.4. The molecule has 0 aliphatic heterocycles. The molecule has 190 valence electrons. The van der Waals surface area contributed by atoms with E-state index >= 15 is 0 Å². The molecule has 4 N–H and O–H groups in total. The number of hydrogen-bond donors (Lipinski definition) is 3. The predicted molar refractivity (Wildman–Crippen MR) is 139 cm³/mol. The molecule has 0 aromatic carbocycles. The maximum Gasteiger partial charge on any atom is 0.300 e. The van der Waals surface area contributed by atoms with Crippen LogP contribution >= 0.6 is 0 Å². The molecule has 0 saturated carbocycles. The second-order valence-electron chi connectivity index (χ2n) is 10.3. The van der Waals surface area contributed by atoms with Crippen molar-refractivity contribution in [2.45, 2.75) is 74.1 Å². The zero-order valence-electron chi connectivity index (χ0n) is 22.1. The maximum absolute atomic E-state index is 11.4. The summed E-state index contributed by atoms with van der Waals surface area (Å²) in [5, 5.41) is 13.3. The molecule has 2 aliphatic rings. The number of ketones is 1. The summed E-state index contributed by atoms with van der Waals surface area (Å²) in [6.07, 6.45) is 15.4. The van der Waals surface area contributed by atoms with Gasteiger partial charge < -0.3 is 10.8 Å². The second kappa shape index (κ2) is 14.4. The van der Waals surface area contributed by atoms with Gasteiger partial charge in [-0.15, -0.1) is 0 Å². The van der Waals surface area contributed by atoms with Crippen molar-refractivity contribution in [3.05, 3.63) is 48.6 Å². The number of nitrogens with two attached hydrogens (primary N) is 1. The molecule has 0 amide bonds. The molecule has 3 rings (SSSR count). The lowest BCUT2D eigenvalue weighted by Gasteiger charge is -2.39. The number of Topliss-reactive ketones (excluding diaryl/α,β-unsaturated/α-hetero) is 1. The van der Waals surface area contributed by atoms with Crippen LogP contribution in [0.5, 0.6) is 0 Å². The zero-order chi connectivity index (χ0) is 26.5. The largest absolute Gasteiger partial charge is 0.481 e. The van der Waals surface area contributed by atoms with Gasteiger partial charge in [-0.1, -0.05) is 65.8 Å². The lowest BCUT2D eigenvalue weighted by atomic mass is 9.66. The van der Waals surface area contributed by atoms with Gasteiger partial charge in [0.1, 0.15) is 12.1 Å². The fourth-order valence-electron chi connectivity index (χ4n) is 5.15. The highest BCUT2D eigenvalue weighted by Crippen LogP contribution is 2.46. The first-order valence-electron chi connectivity index (χ1n) is 11.7. The molecule has 4 unspecified atom stereocenters. The minimum atomic E-state index is -0.833. The molecule has 0 spiro atoms. The Morgan fingerprint density at radius 1 is 1.06 bits per heavy atom. The summed E-state index contributed by atoms with van der Waals surface area (Å²) < 4.78 is 0. The molecule has 7 heteroatoms. The van der Waals surface area contributed by atoms with E-state index in [-0.39, 0.29) is 11.3 Å². The second-order valence-corrected chi connectivity index (χ2v) is 10.3. The number of carbonyl (C=O) groups excluding carboxylic acids is 1. The number of aliphatic carboxylic acids is 1. The molecule has 0 radical (unpaired) electrons. The average Bonchev–Trinajstić information content (AvgIpc) is 2.67. The van der Waals surface area contributed by atoms with Gasteiger partial charge in [0.25, 0.3) is 5.97 Å². The molecule has 0 bridgehead atoms. The van der Waals surface area contributed by atoms with Gasteiger partial charge in [-0.25, -0.2) is 9.97 Å². The lowest BCUT2D eigenvalue weighted by molar-refractivity contribution is -0.134. The molecule has 1 aromatic rings. The Hall–Kier alpha value is -2.83. The van der Waals surface area contributed by atoms with Crippen LogP contribution in [0, 0.1) is 34.0 Å². The number of carboxylic acids is 1. The zero-order valence-corrected chi connectivity index (χ0v) is 22.1. The third kappa shape index (κ3) is 10.4. The Kier molecular flexibility index (Phi) is 13.2. The van der Waals surface area contributed by atoms with E-state index in [9.17, 15) is 4.79 Å². The first-order chi connectivity index (χ1) is 15.7. The lowest BCUT2D eigenvalue weighted by Crippen LogP contribution is -2.35. The van der Waals surface area contributed by atoms with Crippen LogP contribution in [0.25, 0.3) is 0 Å². The van der Waals surface area contributed by atoms with Crippen molar-refractivity contribution in [2.75, 3.05) is 0 Å². The summed E-state index contributed by atoms with van der Waals surface area (Å²) in [5.74, 6) is 1.18. The number of rotatable bonds is 2. The molecular weight excluding hydrogens is 428 g/mol. The molecule has 34 heavy (non-hydrogen) atoms. The quantitative estimate of drug-likeness (QED) is 0.290. The Bertz CT molecular complexity index is 828. The van der Waals surface area contributed by atoms with Gasteiger partial charge in [-0.3, -0.25) is 15.0 Å². The Morgan fingerprint density at radius 3 is 1.88 bits per heavy atom. The molecule has 4 atom stereocenters. The van der Waals surface area contributed by atoms with Crippen LogP contribution in [0.4, 0.5) is 0 Å². The van der Waals surface area contributed by atoms with Crippen LogP contribution in [0.3, 0.4) is 0 Å². The Balaban J connectivity index is 0.000000512. The van der Waals surface area contributed by atoms with Crippen LogP contribution in [0.1, 0.15) is 79.8 Å². The molecular formula is C27H44N4O3. The summed E-state index contributed by atoms with van der Waals surface area (Å²) >= 11 is 0. The summed E-state index contributed by atoms with van der Waals surface area (Å²) in [6.45, 7) is 16.2. The number of nitrogens with one attached hydrogen (secondary N) is 1. The Morgan fingerprint density at radius 2 is 1.53 bits per heavy atom. The normalized spacial score (nSPS) is 25.6. The third-order valence-corrected chi connectivity index (χ3v) is 6.26. The van der Waals surface area contributed by atoms with Crippen molar-refractivity contribution in [1.82, 2.24) is 9.97 Å². The first-order valence-corrected chi connectivity index (χ1v) is 11.7. The van der Waals surface area contributed by atoms with Gasteiger partial charge in [0.2, 0.25) is 0 Å². The van der Waals surface area contributed by atoms with E-state index in [2.05, 4.69) is 81.5 Å². The number of carbonyl (C=O) groups is 2. The molecule has 0 saturated heterocycles. The summed E-state index contributed by atoms with van der Waals surface area (Å²) in [5.41, 5.74) is 6.01. The van der Waals surface area contributed by atoms with Gasteiger partial charge in [0.15, 0.2) is 0 Å². The van der Waals surface area contributed by atoms with Crippen LogP contribution in [0.2, 0.25) is 0 Å². The fraction of sp³-hybridized carbons (Fsp3) is 0.593. The standard InChI is InChI=1S/C13H18N2.C11H18O.C2H4O2.CH4N2/c1-10-5-4-7-13(2,3)12(10)11-6-8-14-9-15-11;1-8-6-5-7-11(3,4)10(8)9(2)12;1-2(3)4;2-1-3/h4-6,8-10,12H,7H2,1-3H3;5-6,8,10H,7H2,1-4H3;1H3,(H,3,4);1H,(H3,2,3). The van der Waals surface area contributed by atoms with Crippen molar-refractivity contribution in [2.24, 2.45) is 34.3 Å². The molecule has 1 aromatic heterocycles. The summed E-state index contributed by atoms with van der Waals surface area (Å²) in [7, 11) is 0. The van der Waals surface area contributed by atoms with E-state index < -0.39 is 5.97 Å². The SMILES string of the molecule is CC(=O)C1C(C)C=CCC1(C)C.CC(=O)O.CC1C=CCC(C)(C)C1c1ccncn1.N=CN. The summed E-state index contributed by atoms with van der Waals surface area (Å²) in [4.78, 5) is 28.8. The molecule has 7 nitrogen and oxygen atoms in total. The van der Waals surface area contributed by atoms with Crippen LogP contribution in [-0.2, 0) is 9.59 Å². The molecule has 0 fully saturated rings. The molecule has 2 aliphatic carbocycles. The van der Waals surface area contributed by atoms with Gasteiger partial charge in [-0.05, 0) is 48.5 Å². The van der Waals surface area contributed by atoms with E-state index in [1.54, 1.807) is 13.3 Å². The topological polar surface area (TPSA) is 130 Å². The highest BCUT2D eigenvalue weighted by Gasteiger charge is 2.37. The minimum absolute atomic E-state index is 0.153. The number of carboxylic acid groups (broad SMARTS) is 1. The van der Waals surface area contributed by atoms with Crippen molar-refractivity contribution < 1.29 is 14.7 Å². The fourth-order valence-corrected chi connectivity index (χ4v) is 5.15. The van der Waals surface area contributed by atoms with Crippen molar-refractivity contribution in [3.8, 4) is 0 Å². The smallest absolute Gasteiger partial charge is 0.300 e. The van der Waals surface area contributed by atoms with Crippen molar-refractivity contribution in [3.63, 3.8) is 0 Å². The monoisotopic (exact) mass is 472 g/mol. The van der Waals surface area contributed by atoms with E-state index in [0.717, 1.165) is 26.1 Å². The van der Waals surface area contributed by atoms with Crippen LogP contribution in [0.15, 0.2) is 42.9 Å². The Labute approximate surface area is 205 Å². The number of hydrogen-bond acceptors (Lipinski definition) is 5. The third-order valence-electron chi connectivity index (χ3n) is 6.26. The first kappa shape index (κ1) is 31.2. The van der Waals surface area contributed by atoms with E-state index in [0.29, 0.717) is 29.0 Å². The number of aromatic nitrogens is 2. The highest BCUT2D eigenvalue weighted by atomic mass is 16.4.